The molecule has 0 spiro atoms. The van der Waals surface area contributed by atoms with E-state index in [0.717, 1.165) is 11.3 Å². The third kappa shape index (κ3) is 3.01. The molecule has 3 aromatic heterocycles. The normalized spacial score (nSPS) is 10.9. The summed E-state index contributed by atoms with van der Waals surface area (Å²) in [6.07, 6.45) is 1.63. The number of aryl methyl sites for hydroxylation is 1. The summed E-state index contributed by atoms with van der Waals surface area (Å²) in [6, 6.07) is 12.3. The molecule has 3 heterocycles. The van der Waals surface area contributed by atoms with Gasteiger partial charge in [-0.2, -0.15) is 0 Å². The van der Waals surface area contributed by atoms with Gasteiger partial charge in [0, 0.05) is 18.1 Å². The summed E-state index contributed by atoms with van der Waals surface area (Å²) >= 11 is 1.13. The first-order chi connectivity index (χ1) is 13.6. The Kier molecular flexibility index (Phi) is 4.58. The molecule has 0 bridgehead atoms. The van der Waals surface area contributed by atoms with Crippen LogP contribution in [-0.2, 0) is 6.54 Å². The van der Waals surface area contributed by atoms with Gasteiger partial charge in [0.2, 0.25) is 5.13 Å². The second-order valence-corrected chi connectivity index (χ2v) is 6.85. The van der Waals surface area contributed by atoms with Gasteiger partial charge in [-0.3, -0.25) is 19.9 Å². The van der Waals surface area contributed by atoms with Crippen LogP contribution in [0.1, 0.15) is 17.3 Å². The monoisotopic (exact) mass is 393 g/mol. The van der Waals surface area contributed by atoms with Crippen LogP contribution < -0.4 is 10.9 Å². The second kappa shape index (κ2) is 7.20. The van der Waals surface area contributed by atoms with Crippen LogP contribution in [0.4, 0.5) is 5.13 Å². The van der Waals surface area contributed by atoms with Gasteiger partial charge < -0.3 is 9.67 Å². The van der Waals surface area contributed by atoms with E-state index in [0.29, 0.717) is 28.1 Å². The maximum absolute atomic E-state index is 12.8. The molecule has 0 aliphatic heterocycles. The van der Waals surface area contributed by atoms with Gasteiger partial charge in [0.25, 0.3) is 11.5 Å². The average Bonchev–Trinajstić information content (AvgIpc) is 3.17. The molecule has 9 heteroatoms. The van der Waals surface area contributed by atoms with Crippen molar-refractivity contribution in [1.29, 1.82) is 0 Å². The van der Waals surface area contributed by atoms with Gasteiger partial charge in [-0.05, 0) is 31.2 Å². The summed E-state index contributed by atoms with van der Waals surface area (Å²) in [5.41, 5.74) is 0.306. The van der Waals surface area contributed by atoms with Crippen LogP contribution in [0.5, 0.6) is 5.75 Å². The summed E-state index contributed by atoms with van der Waals surface area (Å²) < 4.78 is 1.45. The Morgan fingerprint density at radius 2 is 1.96 bits per heavy atom. The van der Waals surface area contributed by atoms with Crippen molar-refractivity contribution in [3.63, 3.8) is 0 Å². The summed E-state index contributed by atoms with van der Waals surface area (Å²) in [5.74, 6) is -1.09. The Morgan fingerprint density at radius 3 is 2.71 bits per heavy atom. The highest BCUT2D eigenvalue weighted by atomic mass is 32.1. The van der Waals surface area contributed by atoms with E-state index in [9.17, 15) is 14.7 Å². The lowest BCUT2D eigenvalue weighted by molar-refractivity contribution is 0.102. The van der Waals surface area contributed by atoms with Crippen LogP contribution in [0.15, 0.2) is 53.5 Å². The Labute approximate surface area is 163 Å². The van der Waals surface area contributed by atoms with Crippen LogP contribution >= 0.6 is 11.3 Å². The first-order valence-electron chi connectivity index (χ1n) is 8.51. The van der Waals surface area contributed by atoms with Gasteiger partial charge in [-0.25, -0.2) is 0 Å². The zero-order valence-electron chi connectivity index (χ0n) is 14.8. The minimum absolute atomic E-state index is 0.209. The Hall–Kier alpha value is -3.59. The van der Waals surface area contributed by atoms with Crippen molar-refractivity contribution >= 4 is 33.3 Å². The largest absolute Gasteiger partial charge is 0.506 e. The van der Waals surface area contributed by atoms with Crippen LogP contribution in [-0.4, -0.2) is 30.8 Å². The minimum Gasteiger partial charge on any atom is -0.506 e. The molecule has 0 radical (unpaired) electrons. The number of anilines is 1. The standard InChI is InChI=1S/C19H15N5O3S/c1-2-24-13-9-4-3-7-11(13)15(25)14(18(24)27)16(26)21-19-23-22-17(28-19)12-8-5-6-10-20-12/h3-10,25H,2H2,1H3,(H,21,23,26). The van der Waals surface area contributed by atoms with E-state index < -0.39 is 11.5 Å². The second-order valence-electron chi connectivity index (χ2n) is 5.87. The predicted octanol–water partition coefficient (Wildman–Crippen LogP) is 2.89. The van der Waals surface area contributed by atoms with Crippen molar-refractivity contribution in [2.24, 2.45) is 0 Å². The number of aromatic nitrogens is 4. The number of amides is 1. The van der Waals surface area contributed by atoms with Crippen molar-refractivity contribution in [3.8, 4) is 16.5 Å². The first-order valence-corrected chi connectivity index (χ1v) is 9.32. The van der Waals surface area contributed by atoms with Gasteiger partial charge in [0.1, 0.15) is 17.0 Å². The highest BCUT2D eigenvalue weighted by molar-refractivity contribution is 7.18. The fourth-order valence-electron chi connectivity index (χ4n) is 2.93. The van der Waals surface area contributed by atoms with E-state index in [1.165, 1.54) is 4.57 Å². The highest BCUT2D eigenvalue weighted by Gasteiger charge is 2.23. The maximum atomic E-state index is 12.8. The van der Waals surface area contributed by atoms with Gasteiger partial charge in [-0.15, -0.1) is 10.2 Å². The van der Waals surface area contributed by atoms with Crippen molar-refractivity contribution < 1.29 is 9.90 Å². The van der Waals surface area contributed by atoms with E-state index >= 15 is 0 Å². The molecule has 2 N–H and O–H groups in total. The van der Waals surface area contributed by atoms with Gasteiger partial charge in [-0.1, -0.05) is 29.5 Å². The van der Waals surface area contributed by atoms with E-state index in [4.69, 9.17) is 0 Å². The minimum atomic E-state index is -0.737. The smallest absolute Gasteiger partial charge is 0.267 e. The third-order valence-electron chi connectivity index (χ3n) is 4.22. The number of carbonyl (C=O) groups is 1. The molecule has 4 aromatic rings. The van der Waals surface area contributed by atoms with E-state index in [1.54, 1.807) is 49.5 Å². The van der Waals surface area contributed by atoms with Crippen LogP contribution in [0, 0.1) is 0 Å². The number of aromatic hydroxyl groups is 1. The van der Waals surface area contributed by atoms with Crippen LogP contribution in [0.2, 0.25) is 0 Å². The van der Waals surface area contributed by atoms with Crippen molar-refractivity contribution in [3.05, 3.63) is 64.6 Å². The highest BCUT2D eigenvalue weighted by Crippen LogP contribution is 2.28. The molecule has 8 nitrogen and oxygen atoms in total. The number of pyridine rings is 2. The number of hydrogen-bond donors (Lipinski definition) is 2. The number of para-hydroxylation sites is 1. The average molecular weight is 393 g/mol. The lowest BCUT2D eigenvalue weighted by Gasteiger charge is -2.12. The molecule has 0 saturated carbocycles. The summed E-state index contributed by atoms with van der Waals surface area (Å²) in [6.45, 7) is 2.17. The van der Waals surface area contributed by atoms with Crippen molar-refractivity contribution in [1.82, 2.24) is 19.7 Å². The molecule has 0 fully saturated rings. The van der Waals surface area contributed by atoms with E-state index in [1.807, 2.05) is 6.07 Å². The number of hydrogen-bond acceptors (Lipinski definition) is 7. The first kappa shape index (κ1) is 17.8. The van der Waals surface area contributed by atoms with Crippen molar-refractivity contribution in [2.75, 3.05) is 5.32 Å². The topological polar surface area (TPSA) is 110 Å². The van der Waals surface area contributed by atoms with Gasteiger partial charge in [0.05, 0.1) is 5.52 Å². The molecule has 1 aromatic carbocycles. The summed E-state index contributed by atoms with van der Waals surface area (Å²) in [5, 5.41) is 22.2. The maximum Gasteiger partial charge on any atom is 0.267 e. The zero-order chi connectivity index (χ0) is 19.7. The van der Waals surface area contributed by atoms with Crippen LogP contribution in [0.25, 0.3) is 21.6 Å². The molecule has 4 rings (SSSR count). The molecule has 28 heavy (non-hydrogen) atoms. The molecule has 0 unspecified atom stereocenters. The number of nitrogens with zero attached hydrogens (tertiary/aromatic N) is 4. The van der Waals surface area contributed by atoms with Crippen LogP contribution in [0.3, 0.4) is 0 Å². The molecule has 0 aliphatic rings. The Balaban J connectivity index is 1.72. The van der Waals surface area contributed by atoms with Gasteiger partial charge in [0.15, 0.2) is 5.01 Å². The molecule has 0 atom stereocenters. The number of carbonyl (C=O) groups excluding carboxylic acids is 1. The molecule has 0 saturated heterocycles. The third-order valence-corrected chi connectivity index (χ3v) is 5.08. The predicted molar refractivity (Wildman–Crippen MR) is 107 cm³/mol. The Morgan fingerprint density at radius 1 is 1.18 bits per heavy atom. The fraction of sp³-hybridized carbons (Fsp3) is 0.105. The van der Waals surface area contributed by atoms with E-state index in [-0.39, 0.29) is 16.4 Å². The molecule has 1 amide bonds. The number of rotatable bonds is 4. The lowest BCUT2D eigenvalue weighted by Crippen LogP contribution is -2.29. The summed E-state index contributed by atoms with van der Waals surface area (Å²) in [4.78, 5) is 29.7. The fourth-order valence-corrected chi connectivity index (χ4v) is 3.65. The Bertz CT molecular complexity index is 1230. The number of benzene rings is 1. The van der Waals surface area contributed by atoms with Crippen molar-refractivity contribution in [2.45, 2.75) is 13.5 Å². The SMILES string of the molecule is CCn1c(=O)c(C(=O)Nc2nnc(-c3ccccn3)s2)c(O)c2ccccc21. The quantitative estimate of drug-likeness (QED) is 0.552. The number of fused-ring (bicyclic) bond motifs is 1. The van der Waals surface area contributed by atoms with E-state index in [2.05, 4.69) is 20.5 Å². The summed E-state index contributed by atoms with van der Waals surface area (Å²) in [7, 11) is 0. The van der Waals surface area contributed by atoms with Gasteiger partial charge >= 0.3 is 0 Å². The number of nitrogens with one attached hydrogen (secondary N) is 1. The molecular weight excluding hydrogens is 378 g/mol. The molecule has 140 valence electrons. The zero-order valence-corrected chi connectivity index (χ0v) is 15.6. The lowest BCUT2D eigenvalue weighted by atomic mass is 10.1. The molecular formula is C19H15N5O3S. The molecule has 0 aliphatic carbocycles.